The molecule has 0 unspecified atom stereocenters. The zero-order valence-corrected chi connectivity index (χ0v) is 12.3. The van der Waals surface area contributed by atoms with Gasteiger partial charge < -0.3 is 29.9 Å². The number of nitrogens with zero attached hydrogens (tertiary/aromatic N) is 1. The predicted molar refractivity (Wildman–Crippen MR) is 75.9 cm³/mol. The number of methoxy groups -OCH3 is 2. The number of aliphatic hydroxyl groups is 1. The lowest BCUT2D eigenvalue weighted by Gasteiger charge is -2.46. The highest BCUT2D eigenvalue weighted by molar-refractivity contribution is 5.92. The summed E-state index contributed by atoms with van der Waals surface area (Å²) in [5.41, 5.74) is 0.740. The second kappa shape index (κ2) is 6.52. The molecule has 1 aromatic rings. The van der Waals surface area contributed by atoms with Crippen LogP contribution in [0.4, 0.5) is 4.79 Å². The highest BCUT2D eigenvalue weighted by atomic mass is 16.5. The molecule has 1 fully saturated rings. The quantitative estimate of drug-likeness (QED) is 0.640. The minimum atomic E-state index is -1.29. The molecule has 2 amide bonds. The van der Waals surface area contributed by atoms with E-state index in [1.807, 2.05) is 0 Å². The molecule has 0 radical (unpaired) electrons. The Morgan fingerprint density at radius 3 is 2.64 bits per heavy atom. The van der Waals surface area contributed by atoms with E-state index in [2.05, 4.69) is 5.32 Å². The summed E-state index contributed by atoms with van der Waals surface area (Å²) in [5.74, 6) is 0.803. The fourth-order valence-corrected chi connectivity index (χ4v) is 2.46. The summed E-state index contributed by atoms with van der Waals surface area (Å²) in [5, 5.41) is 20.2. The molecule has 1 aliphatic heterocycles. The van der Waals surface area contributed by atoms with Crippen molar-refractivity contribution >= 4 is 12.0 Å². The average Bonchev–Trinajstić information content (AvgIpc) is 2.52. The van der Waals surface area contributed by atoms with Crippen LogP contribution in [0.2, 0.25) is 0 Å². The molecule has 1 aromatic carbocycles. The first-order valence-corrected chi connectivity index (χ1v) is 6.63. The molecular weight excluding hydrogens is 292 g/mol. The van der Waals surface area contributed by atoms with E-state index in [1.165, 1.54) is 19.1 Å². The maximum Gasteiger partial charge on any atom is 0.405 e. The van der Waals surface area contributed by atoms with Crippen LogP contribution < -0.4 is 14.8 Å². The fourth-order valence-electron chi connectivity index (χ4n) is 2.46. The zero-order valence-electron chi connectivity index (χ0n) is 12.3. The molecule has 3 N–H and O–H groups in total. The molecule has 1 saturated heterocycles. The minimum absolute atomic E-state index is 0.217. The summed E-state index contributed by atoms with van der Waals surface area (Å²) in [7, 11) is 3.05. The Kier molecular flexibility index (Phi) is 4.71. The van der Waals surface area contributed by atoms with Gasteiger partial charge in [0.1, 0.15) is 17.5 Å². The number of carboxylic acid groups (broad SMARTS) is 1. The lowest BCUT2D eigenvalue weighted by atomic mass is 9.94. The fraction of sp³-hybridized carbons (Fsp3) is 0.429. The molecule has 1 heterocycles. The summed E-state index contributed by atoms with van der Waals surface area (Å²) in [6.45, 7) is -0.107. The normalized spacial score (nSPS) is 20.3. The van der Waals surface area contributed by atoms with Gasteiger partial charge >= 0.3 is 6.09 Å². The number of hydrogen-bond donors (Lipinski definition) is 3. The predicted octanol–water partition coefficient (Wildman–Crippen LogP) is 0.0431. The third-order valence-electron chi connectivity index (χ3n) is 3.64. The van der Waals surface area contributed by atoms with Crippen molar-refractivity contribution in [1.29, 1.82) is 0 Å². The summed E-state index contributed by atoms with van der Waals surface area (Å²) in [6.07, 6.45) is -1.29. The molecule has 1 aliphatic rings. The Bertz CT molecular complexity index is 576. The first kappa shape index (κ1) is 15.9. The van der Waals surface area contributed by atoms with E-state index in [4.69, 9.17) is 14.6 Å². The largest absolute Gasteiger partial charge is 0.497 e. The Hall–Kier alpha value is -2.48. The maximum absolute atomic E-state index is 12.0. The van der Waals surface area contributed by atoms with E-state index < -0.39 is 18.2 Å². The summed E-state index contributed by atoms with van der Waals surface area (Å²) in [4.78, 5) is 24.1. The topological polar surface area (TPSA) is 108 Å². The van der Waals surface area contributed by atoms with Crippen LogP contribution >= 0.6 is 0 Å². The van der Waals surface area contributed by atoms with E-state index in [0.29, 0.717) is 11.5 Å². The van der Waals surface area contributed by atoms with Crippen LogP contribution in [0.1, 0.15) is 5.56 Å². The molecule has 0 bridgehead atoms. The Morgan fingerprint density at radius 2 is 2.09 bits per heavy atom. The number of carbonyl (C=O) groups is 2. The van der Waals surface area contributed by atoms with Crippen LogP contribution in [0, 0.1) is 0 Å². The van der Waals surface area contributed by atoms with Gasteiger partial charge in [0.15, 0.2) is 0 Å². The smallest absolute Gasteiger partial charge is 0.405 e. The van der Waals surface area contributed by atoms with Crippen LogP contribution in [0.3, 0.4) is 0 Å². The van der Waals surface area contributed by atoms with E-state index in [9.17, 15) is 14.7 Å². The molecule has 0 spiro atoms. The van der Waals surface area contributed by atoms with Crippen LogP contribution in [0.25, 0.3) is 0 Å². The van der Waals surface area contributed by atoms with Crippen molar-refractivity contribution in [1.82, 2.24) is 10.2 Å². The molecule has 120 valence electrons. The third kappa shape index (κ3) is 2.91. The Labute approximate surface area is 127 Å². The first-order valence-electron chi connectivity index (χ1n) is 6.63. The average molecular weight is 310 g/mol. The SMILES string of the molecule is COc1ccc(CN2C(=O)[C@@H](NC(=O)O)[C@H]2CO)c(OC)c1. The Balaban J connectivity index is 2.14. The van der Waals surface area contributed by atoms with Gasteiger partial charge in [0.2, 0.25) is 5.91 Å². The number of β-lactam (4-membered cyclic amide) rings is 1. The number of aliphatic hydroxyl groups excluding tert-OH is 1. The van der Waals surface area contributed by atoms with Crippen molar-refractivity contribution in [2.24, 2.45) is 0 Å². The van der Waals surface area contributed by atoms with Gasteiger partial charge in [-0.1, -0.05) is 0 Å². The maximum atomic E-state index is 12.0. The third-order valence-corrected chi connectivity index (χ3v) is 3.64. The van der Waals surface area contributed by atoms with Crippen molar-refractivity contribution in [3.05, 3.63) is 23.8 Å². The number of amides is 2. The summed E-state index contributed by atoms with van der Waals surface area (Å²) in [6, 6.07) is 3.70. The van der Waals surface area contributed by atoms with Gasteiger partial charge in [-0.25, -0.2) is 4.79 Å². The van der Waals surface area contributed by atoms with E-state index >= 15 is 0 Å². The lowest BCUT2D eigenvalue weighted by molar-refractivity contribution is -0.154. The molecule has 8 heteroatoms. The number of rotatable bonds is 6. The van der Waals surface area contributed by atoms with Crippen molar-refractivity contribution in [2.45, 2.75) is 18.6 Å². The number of nitrogens with one attached hydrogen (secondary N) is 1. The second-order valence-corrected chi connectivity index (χ2v) is 4.82. The number of carbonyl (C=O) groups excluding carboxylic acids is 1. The molecule has 2 atom stereocenters. The van der Waals surface area contributed by atoms with Gasteiger partial charge in [0, 0.05) is 18.2 Å². The molecule has 2 rings (SSSR count). The molecule has 22 heavy (non-hydrogen) atoms. The van der Waals surface area contributed by atoms with Crippen molar-refractivity contribution < 1.29 is 29.3 Å². The van der Waals surface area contributed by atoms with E-state index in [0.717, 1.165) is 5.56 Å². The van der Waals surface area contributed by atoms with Gasteiger partial charge in [-0.15, -0.1) is 0 Å². The molecule has 0 aliphatic carbocycles. The highest BCUT2D eigenvalue weighted by Gasteiger charge is 2.47. The highest BCUT2D eigenvalue weighted by Crippen LogP contribution is 2.29. The second-order valence-electron chi connectivity index (χ2n) is 4.82. The monoisotopic (exact) mass is 310 g/mol. The molecular formula is C14H18N2O6. The van der Waals surface area contributed by atoms with Gasteiger partial charge in [-0.2, -0.15) is 0 Å². The van der Waals surface area contributed by atoms with Crippen LogP contribution in [0.5, 0.6) is 11.5 Å². The molecule has 0 aromatic heterocycles. The molecule has 8 nitrogen and oxygen atoms in total. The van der Waals surface area contributed by atoms with E-state index in [-0.39, 0.29) is 19.1 Å². The van der Waals surface area contributed by atoms with Gasteiger partial charge in [0.25, 0.3) is 0 Å². The number of likely N-dealkylation sites (tertiary alicyclic amines) is 1. The number of ether oxygens (including phenoxy) is 2. The lowest BCUT2D eigenvalue weighted by Crippen LogP contribution is -2.71. The van der Waals surface area contributed by atoms with Crippen LogP contribution in [-0.4, -0.2) is 60.0 Å². The summed E-state index contributed by atoms with van der Waals surface area (Å²) >= 11 is 0. The summed E-state index contributed by atoms with van der Waals surface area (Å²) < 4.78 is 10.4. The number of benzene rings is 1. The van der Waals surface area contributed by atoms with Gasteiger partial charge in [-0.05, 0) is 12.1 Å². The van der Waals surface area contributed by atoms with Gasteiger partial charge in [0.05, 0.1) is 26.9 Å². The van der Waals surface area contributed by atoms with Crippen molar-refractivity contribution in [3.63, 3.8) is 0 Å². The van der Waals surface area contributed by atoms with Crippen molar-refractivity contribution in [2.75, 3.05) is 20.8 Å². The first-order chi connectivity index (χ1) is 10.5. The van der Waals surface area contributed by atoms with Crippen molar-refractivity contribution in [3.8, 4) is 11.5 Å². The molecule has 0 saturated carbocycles. The number of hydrogen-bond acceptors (Lipinski definition) is 5. The van der Waals surface area contributed by atoms with Gasteiger partial charge in [-0.3, -0.25) is 4.79 Å². The van der Waals surface area contributed by atoms with Crippen LogP contribution in [-0.2, 0) is 11.3 Å². The zero-order chi connectivity index (χ0) is 16.3. The van der Waals surface area contributed by atoms with Crippen LogP contribution in [0.15, 0.2) is 18.2 Å². The minimum Gasteiger partial charge on any atom is -0.497 e. The standard InChI is InChI=1S/C14H18N2O6/c1-21-9-4-3-8(11(5-9)22-2)6-16-10(7-17)12(13(16)18)15-14(19)20/h3-5,10,12,15,17H,6-7H2,1-2H3,(H,19,20)/t10-,12+/m1/s1. The van der Waals surface area contributed by atoms with E-state index in [1.54, 1.807) is 18.2 Å². The Morgan fingerprint density at radius 1 is 1.36 bits per heavy atom.